The lowest BCUT2D eigenvalue weighted by molar-refractivity contribution is 0.110. The maximum atomic E-state index is 3.60. The summed E-state index contributed by atoms with van der Waals surface area (Å²) in [6.45, 7) is 15.0. The van der Waals surface area contributed by atoms with Crippen molar-refractivity contribution in [3.05, 3.63) is 0 Å². The quantitative estimate of drug-likeness (QED) is 0.667. The van der Waals surface area contributed by atoms with Crippen LogP contribution in [0, 0.1) is 5.41 Å². The molecule has 0 aromatic rings. The van der Waals surface area contributed by atoms with Gasteiger partial charge in [-0.1, -0.05) is 20.8 Å². The molecule has 1 rings (SSSR count). The Morgan fingerprint density at radius 1 is 1.31 bits per heavy atom. The van der Waals surface area contributed by atoms with Crippen molar-refractivity contribution >= 4 is 0 Å². The third-order valence-corrected chi connectivity index (χ3v) is 2.98. The molecule has 1 N–H and O–H groups in total. The van der Waals surface area contributed by atoms with Crippen molar-refractivity contribution in [3.8, 4) is 0 Å². The van der Waals surface area contributed by atoms with Crippen LogP contribution in [-0.4, -0.2) is 36.6 Å². The second kappa shape index (κ2) is 3.97. The van der Waals surface area contributed by atoms with Crippen LogP contribution in [0.15, 0.2) is 0 Å². The topological polar surface area (TPSA) is 15.3 Å². The monoisotopic (exact) mass is 184 g/mol. The maximum absolute atomic E-state index is 3.60. The Morgan fingerprint density at radius 2 is 1.92 bits per heavy atom. The van der Waals surface area contributed by atoms with E-state index in [1.54, 1.807) is 0 Å². The zero-order valence-corrected chi connectivity index (χ0v) is 9.72. The van der Waals surface area contributed by atoms with E-state index in [1.165, 1.54) is 13.1 Å². The molecule has 1 heterocycles. The third kappa shape index (κ3) is 2.96. The smallest absolute Gasteiger partial charge is 0.0244 e. The summed E-state index contributed by atoms with van der Waals surface area (Å²) in [7, 11) is 0. The summed E-state index contributed by atoms with van der Waals surface area (Å²) in [6, 6.07) is 1.33. The Morgan fingerprint density at radius 3 is 2.38 bits per heavy atom. The predicted molar refractivity (Wildman–Crippen MR) is 58.0 cm³/mol. The highest BCUT2D eigenvalue weighted by Gasteiger charge is 2.29. The summed E-state index contributed by atoms with van der Waals surface area (Å²) in [6.07, 6.45) is 0. The number of hydrogen-bond acceptors (Lipinski definition) is 2. The summed E-state index contributed by atoms with van der Waals surface area (Å²) in [5, 5.41) is 3.60. The molecule has 1 aliphatic rings. The Labute approximate surface area is 82.7 Å². The lowest BCUT2D eigenvalue weighted by Gasteiger charge is -2.42. The lowest BCUT2D eigenvalue weighted by Crippen LogP contribution is -2.57. The third-order valence-electron chi connectivity index (χ3n) is 2.98. The number of nitrogens with one attached hydrogen (secondary N) is 1. The van der Waals surface area contributed by atoms with Gasteiger partial charge in [0.2, 0.25) is 0 Å². The van der Waals surface area contributed by atoms with E-state index in [9.17, 15) is 0 Å². The van der Waals surface area contributed by atoms with Gasteiger partial charge in [-0.15, -0.1) is 0 Å². The molecule has 0 amide bonds. The molecule has 0 aromatic heterocycles. The van der Waals surface area contributed by atoms with E-state index < -0.39 is 0 Å². The average molecular weight is 184 g/mol. The fourth-order valence-corrected chi connectivity index (χ4v) is 1.82. The van der Waals surface area contributed by atoms with Gasteiger partial charge < -0.3 is 5.32 Å². The zero-order valence-electron chi connectivity index (χ0n) is 9.72. The Hall–Kier alpha value is -0.0800. The SMILES string of the molecule is CC(C)N1CCN[C@H](C(C)(C)C)C1. The van der Waals surface area contributed by atoms with Crippen molar-refractivity contribution in [1.82, 2.24) is 10.2 Å². The van der Waals surface area contributed by atoms with E-state index in [1.807, 2.05) is 0 Å². The number of rotatable bonds is 1. The first kappa shape index (κ1) is 11.0. The molecule has 0 aromatic carbocycles. The summed E-state index contributed by atoms with van der Waals surface area (Å²) in [4.78, 5) is 2.56. The van der Waals surface area contributed by atoms with Gasteiger partial charge in [-0.3, -0.25) is 4.90 Å². The van der Waals surface area contributed by atoms with Crippen molar-refractivity contribution in [2.24, 2.45) is 5.41 Å². The molecule has 1 atom stereocenters. The first-order chi connectivity index (χ1) is 5.91. The van der Waals surface area contributed by atoms with Gasteiger partial charge in [0.05, 0.1) is 0 Å². The van der Waals surface area contributed by atoms with Crippen LogP contribution in [0.5, 0.6) is 0 Å². The van der Waals surface area contributed by atoms with Gasteiger partial charge in [0.15, 0.2) is 0 Å². The molecule has 0 saturated carbocycles. The molecule has 0 spiro atoms. The minimum absolute atomic E-state index is 0.382. The molecule has 0 radical (unpaired) electrons. The van der Waals surface area contributed by atoms with E-state index in [0.717, 1.165) is 6.54 Å². The first-order valence-electron chi connectivity index (χ1n) is 5.38. The molecule has 0 unspecified atom stereocenters. The molecule has 78 valence electrons. The Bertz CT molecular complexity index is 158. The van der Waals surface area contributed by atoms with Gasteiger partial charge in [0.1, 0.15) is 0 Å². The fourth-order valence-electron chi connectivity index (χ4n) is 1.82. The van der Waals surface area contributed by atoms with Gasteiger partial charge in [0.25, 0.3) is 0 Å². The lowest BCUT2D eigenvalue weighted by atomic mass is 9.85. The highest BCUT2D eigenvalue weighted by molar-refractivity contribution is 4.88. The van der Waals surface area contributed by atoms with Crippen LogP contribution in [0.25, 0.3) is 0 Å². The first-order valence-corrected chi connectivity index (χ1v) is 5.38. The minimum Gasteiger partial charge on any atom is -0.311 e. The van der Waals surface area contributed by atoms with Crippen LogP contribution in [0.2, 0.25) is 0 Å². The molecule has 1 fully saturated rings. The van der Waals surface area contributed by atoms with E-state index in [-0.39, 0.29) is 0 Å². The molecule has 13 heavy (non-hydrogen) atoms. The highest BCUT2D eigenvalue weighted by atomic mass is 15.2. The molecule has 1 saturated heterocycles. The summed E-state index contributed by atoms with van der Waals surface area (Å²) >= 11 is 0. The second-order valence-corrected chi connectivity index (χ2v) is 5.46. The van der Waals surface area contributed by atoms with Crippen molar-refractivity contribution in [1.29, 1.82) is 0 Å². The maximum Gasteiger partial charge on any atom is 0.0244 e. The summed E-state index contributed by atoms with van der Waals surface area (Å²) in [5.41, 5.74) is 0.382. The second-order valence-electron chi connectivity index (χ2n) is 5.46. The van der Waals surface area contributed by atoms with E-state index in [0.29, 0.717) is 17.5 Å². The number of piperazine rings is 1. The normalized spacial score (nSPS) is 26.8. The van der Waals surface area contributed by atoms with Gasteiger partial charge in [-0.2, -0.15) is 0 Å². The van der Waals surface area contributed by atoms with Crippen LogP contribution in [0.4, 0.5) is 0 Å². The molecule has 0 bridgehead atoms. The Balaban J connectivity index is 2.52. The molecular weight excluding hydrogens is 160 g/mol. The van der Waals surface area contributed by atoms with Gasteiger partial charge in [-0.05, 0) is 19.3 Å². The van der Waals surface area contributed by atoms with Crippen molar-refractivity contribution < 1.29 is 0 Å². The number of nitrogens with zero attached hydrogens (tertiary/aromatic N) is 1. The number of hydrogen-bond donors (Lipinski definition) is 1. The van der Waals surface area contributed by atoms with Gasteiger partial charge >= 0.3 is 0 Å². The summed E-state index contributed by atoms with van der Waals surface area (Å²) < 4.78 is 0. The molecule has 1 aliphatic heterocycles. The van der Waals surface area contributed by atoms with E-state index in [2.05, 4.69) is 44.8 Å². The van der Waals surface area contributed by atoms with Crippen molar-refractivity contribution in [3.63, 3.8) is 0 Å². The van der Waals surface area contributed by atoms with E-state index in [4.69, 9.17) is 0 Å². The summed E-state index contributed by atoms with van der Waals surface area (Å²) in [5.74, 6) is 0. The van der Waals surface area contributed by atoms with Crippen LogP contribution in [0.1, 0.15) is 34.6 Å². The molecule has 0 aliphatic carbocycles. The van der Waals surface area contributed by atoms with Gasteiger partial charge in [-0.25, -0.2) is 0 Å². The standard InChI is InChI=1S/C11H24N2/c1-9(2)13-7-6-12-10(8-13)11(3,4)5/h9-10,12H,6-8H2,1-5H3/t10-/m0/s1. The van der Waals surface area contributed by atoms with E-state index >= 15 is 0 Å². The highest BCUT2D eigenvalue weighted by Crippen LogP contribution is 2.22. The Kier molecular flexibility index (Phi) is 3.36. The fraction of sp³-hybridized carbons (Fsp3) is 1.00. The predicted octanol–water partition coefficient (Wildman–Crippen LogP) is 1.71. The van der Waals surface area contributed by atoms with Crippen LogP contribution < -0.4 is 5.32 Å². The average Bonchev–Trinajstić information content (AvgIpc) is 2.03. The minimum atomic E-state index is 0.382. The largest absolute Gasteiger partial charge is 0.311 e. The van der Waals surface area contributed by atoms with Crippen LogP contribution >= 0.6 is 0 Å². The van der Waals surface area contributed by atoms with Crippen molar-refractivity contribution in [2.45, 2.75) is 46.7 Å². The molecule has 2 heteroatoms. The van der Waals surface area contributed by atoms with Crippen LogP contribution in [-0.2, 0) is 0 Å². The van der Waals surface area contributed by atoms with Crippen molar-refractivity contribution in [2.75, 3.05) is 19.6 Å². The zero-order chi connectivity index (χ0) is 10.1. The molecule has 2 nitrogen and oxygen atoms in total. The van der Waals surface area contributed by atoms with Gasteiger partial charge in [0, 0.05) is 31.7 Å². The van der Waals surface area contributed by atoms with Crippen LogP contribution in [0.3, 0.4) is 0 Å². The molecular formula is C11H24N2.